The van der Waals surface area contributed by atoms with Gasteiger partial charge in [-0.1, -0.05) is 18.2 Å². The Hall–Kier alpha value is -3.78. The molecule has 1 aromatic heterocycles. The first-order valence-electron chi connectivity index (χ1n) is 9.94. The van der Waals surface area contributed by atoms with Gasteiger partial charge < -0.3 is 29.8 Å². The van der Waals surface area contributed by atoms with Gasteiger partial charge in [-0.05, 0) is 49.4 Å². The van der Waals surface area contributed by atoms with E-state index in [1.165, 1.54) is 6.26 Å². The molecule has 8 nitrogen and oxygen atoms in total. The Morgan fingerprint density at radius 3 is 2.58 bits per heavy atom. The average Bonchev–Trinajstić information content (AvgIpc) is 3.32. The van der Waals surface area contributed by atoms with Gasteiger partial charge in [0.15, 0.2) is 5.76 Å². The van der Waals surface area contributed by atoms with Crippen molar-refractivity contribution in [1.82, 2.24) is 0 Å². The Balaban J connectivity index is 1.51. The summed E-state index contributed by atoms with van der Waals surface area (Å²) in [4.78, 5) is 24.5. The largest absolute Gasteiger partial charge is 0.489 e. The van der Waals surface area contributed by atoms with Crippen molar-refractivity contribution in [2.24, 2.45) is 0 Å². The fraction of sp³-hybridized carbons (Fsp3) is 0.217. The molecule has 3 rings (SSSR count). The van der Waals surface area contributed by atoms with Crippen LogP contribution >= 0.6 is 0 Å². The molecule has 2 amide bonds. The predicted octanol–water partition coefficient (Wildman–Crippen LogP) is 4.00. The van der Waals surface area contributed by atoms with Crippen LogP contribution in [0.2, 0.25) is 0 Å². The number of nitrogens with one attached hydrogen (secondary N) is 3. The van der Waals surface area contributed by atoms with Crippen LogP contribution in [0.15, 0.2) is 71.3 Å². The van der Waals surface area contributed by atoms with Crippen molar-refractivity contribution in [3.63, 3.8) is 0 Å². The van der Waals surface area contributed by atoms with E-state index in [0.29, 0.717) is 42.6 Å². The number of carbonyl (C=O) groups excluding carboxylic acids is 2. The lowest BCUT2D eigenvalue weighted by Crippen LogP contribution is -2.22. The number of rotatable bonds is 11. The van der Waals surface area contributed by atoms with Crippen molar-refractivity contribution in [1.29, 1.82) is 0 Å². The van der Waals surface area contributed by atoms with Gasteiger partial charge in [-0.15, -0.1) is 0 Å². The highest BCUT2D eigenvalue weighted by molar-refractivity contribution is 6.02. The molecule has 0 atom stereocenters. The molecule has 0 spiro atoms. The van der Waals surface area contributed by atoms with Gasteiger partial charge in [0.2, 0.25) is 5.91 Å². The van der Waals surface area contributed by atoms with Gasteiger partial charge >= 0.3 is 0 Å². The summed E-state index contributed by atoms with van der Waals surface area (Å²) in [5.41, 5.74) is 1.86. The maximum absolute atomic E-state index is 12.4. The summed E-state index contributed by atoms with van der Waals surface area (Å²) in [5.74, 6) is 0.227. The Kier molecular flexibility index (Phi) is 8.07. The van der Waals surface area contributed by atoms with Gasteiger partial charge in [-0.2, -0.15) is 0 Å². The zero-order chi connectivity index (χ0) is 21.9. The van der Waals surface area contributed by atoms with Crippen LogP contribution in [0.3, 0.4) is 0 Å². The van der Waals surface area contributed by atoms with Crippen molar-refractivity contribution in [3.05, 3.63) is 72.7 Å². The predicted molar refractivity (Wildman–Crippen MR) is 119 cm³/mol. The van der Waals surface area contributed by atoms with E-state index in [4.69, 9.17) is 13.9 Å². The first-order valence-corrected chi connectivity index (χ1v) is 9.94. The molecule has 0 aliphatic rings. The van der Waals surface area contributed by atoms with Crippen molar-refractivity contribution in [2.75, 3.05) is 42.3 Å². The number of benzene rings is 2. The number of carbonyl (C=O) groups is 2. The van der Waals surface area contributed by atoms with E-state index in [-0.39, 0.29) is 24.1 Å². The van der Waals surface area contributed by atoms with E-state index in [1.54, 1.807) is 48.5 Å². The number of anilines is 3. The van der Waals surface area contributed by atoms with Crippen LogP contribution in [0, 0.1) is 0 Å². The molecule has 162 valence electrons. The molecule has 0 fully saturated rings. The second kappa shape index (κ2) is 11.4. The summed E-state index contributed by atoms with van der Waals surface area (Å²) < 4.78 is 16.0. The Bertz CT molecular complexity index is 988. The third kappa shape index (κ3) is 6.90. The molecule has 0 aliphatic heterocycles. The second-order valence-electron chi connectivity index (χ2n) is 6.46. The third-order valence-corrected chi connectivity index (χ3v) is 4.17. The van der Waals surface area contributed by atoms with Gasteiger partial charge in [-0.25, -0.2) is 0 Å². The molecule has 0 saturated carbocycles. The fourth-order valence-corrected chi connectivity index (χ4v) is 2.73. The highest BCUT2D eigenvalue weighted by Gasteiger charge is 2.10. The van der Waals surface area contributed by atoms with Gasteiger partial charge in [-0.3, -0.25) is 9.59 Å². The summed E-state index contributed by atoms with van der Waals surface area (Å²) >= 11 is 0. The number of para-hydroxylation sites is 2. The lowest BCUT2D eigenvalue weighted by atomic mass is 10.2. The van der Waals surface area contributed by atoms with Crippen LogP contribution in [0.5, 0.6) is 5.75 Å². The zero-order valence-corrected chi connectivity index (χ0v) is 17.2. The van der Waals surface area contributed by atoms with Crippen LogP contribution in [0.25, 0.3) is 0 Å². The highest BCUT2D eigenvalue weighted by Crippen LogP contribution is 2.23. The maximum atomic E-state index is 12.4. The quantitative estimate of drug-likeness (QED) is 0.403. The topological polar surface area (TPSA) is 102 Å². The van der Waals surface area contributed by atoms with E-state index in [2.05, 4.69) is 16.0 Å². The number of ether oxygens (including phenoxy) is 2. The van der Waals surface area contributed by atoms with Crippen molar-refractivity contribution in [3.8, 4) is 5.75 Å². The monoisotopic (exact) mass is 423 g/mol. The molecular formula is C23H25N3O5. The first kappa shape index (κ1) is 21.9. The normalized spacial score (nSPS) is 10.4. The molecule has 0 bridgehead atoms. The summed E-state index contributed by atoms with van der Waals surface area (Å²) in [6, 6.07) is 17.5. The van der Waals surface area contributed by atoms with E-state index in [9.17, 15) is 9.59 Å². The summed E-state index contributed by atoms with van der Waals surface area (Å²) in [5, 5.41) is 8.63. The molecular weight excluding hydrogens is 398 g/mol. The van der Waals surface area contributed by atoms with Gasteiger partial charge in [0, 0.05) is 18.0 Å². The maximum Gasteiger partial charge on any atom is 0.291 e. The van der Waals surface area contributed by atoms with Gasteiger partial charge in [0.05, 0.1) is 25.1 Å². The zero-order valence-electron chi connectivity index (χ0n) is 17.2. The van der Waals surface area contributed by atoms with Crippen molar-refractivity contribution < 1.29 is 23.5 Å². The lowest BCUT2D eigenvalue weighted by molar-refractivity contribution is -0.114. The number of hydrogen-bond acceptors (Lipinski definition) is 6. The summed E-state index contributed by atoms with van der Waals surface area (Å²) in [6.45, 7) is 3.47. The van der Waals surface area contributed by atoms with Crippen LogP contribution in [0.4, 0.5) is 17.1 Å². The number of furan rings is 1. The Morgan fingerprint density at radius 2 is 1.77 bits per heavy atom. The first-order chi connectivity index (χ1) is 15.2. The molecule has 0 radical (unpaired) electrons. The molecule has 3 aromatic rings. The Morgan fingerprint density at radius 1 is 0.935 bits per heavy atom. The molecule has 3 N–H and O–H groups in total. The lowest BCUT2D eigenvalue weighted by Gasteiger charge is -2.13. The second-order valence-corrected chi connectivity index (χ2v) is 6.46. The van der Waals surface area contributed by atoms with Crippen molar-refractivity contribution >= 4 is 28.9 Å². The number of amides is 2. The van der Waals surface area contributed by atoms with E-state index in [1.807, 2.05) is 19.1 Å². The summed E-state index contributed by atoms with van der Waals surface area (Å²) in [6.07, 6.45) is 1.44. The molecule has 31 heavy (non-hydrogen) atoms. The smallest absolute Gasteiger partial charge is 0.291 e. The van der Waals surface area contributed by atoms with Gasteiger partial charge in [0.25, 0.3) is 5.91 Å². The standard InChI is InChI=1S/C23H25N3O5/c1-2-29-13-14-31-20-10-4-3-9-19(20)26-22(27)16-24-17-7-5-8-18(15-17)25-23(28)21-11-6-12-30-21/h3-12,15,24H,2,13-14,16H2,1H3,(H,25,28)(H,26,27). The minimum atomic E-state index is -0.346. The van der Waals surface area contributed by atoms with Crippen LogP contribution in [0.1, 0.15) is 17.5 Å². The average molecular weight is 423 g/mol. The third-order valence-electron chi connectivity index (χ3n) is 4.17. The highest BCUT2D eigenvalue weighted by atomic mass is 16.5. The SMILES string of the molecule is CCOCCOc1ccccc1NC(=O)CNc1cccc(NC(=O)c2ccco2)c1. The molecule has 1 heterocycles. The molecule has 8 heteroatoms. The minimum absolute atomic E-state index is 0.0445. The van der Waals surface area contributed by atoms with E-state index >= 15 is 0 Å². The molecule has 2 aromatic carbocycles. The van der Waals surface area contributed by atoms with E-state index < -0.39 is 0 Å². The molecule has 0 saturated heterocycles. The fourth-order valence-electron chi connectivity index (χ4n) is 2.73. The van der Waals surface area contributed by atoms with Gasteiger partial charge in [0.1, 0.15) is 12.4 Å². The van der Waals surface area contributed by atoms with Crippen LogP contribution in [-0.4, -0.2) is 38.2 Å². The van der Waals surface area contributed by atoms with Crippen molar-refractivity contribution in [2.45, 2.75) is 6.92 Å². The van der Waals surface area contributed by atoms with Crippen LogP contribution < -0.4 is 20.7 Å². The van der Waals surface area contributed by atoms with E-state index in [0.717, 1.165) is 0 Å². The number of hydrogen-bond donors (Lipinski definition) is 3. The minimum Gasteiger partial charge on any atom is -0.489 e. The molecule has 0 aliphatic carbocycles. The van der Waals surface area contributed by atoms with Crippen LogP contribution in [-0.2, 0) is 9.53 Å². The summed E-state index contributed by atoms with van der Waals surface area (Å²) in [7, 11) is 0. The molecule has 0 unspecified atom stereocenters. The Labute approximate surface area is 180 Å².